The molecule has 1 aromatic carbocycles. The van der Waals surface area contributed by atoms with Gasteiger partial charge in [-0.2, -0.15) is 5.10 Å². The number of aromatic nitrogens is 5. The first kappa shape index (κ1) is 16.6. The number of imidazole rings is 1. The monoisotopic (exact) mass is 360 g/mol. The van der Waals surface area contributed by atoms with Crippen molar-refractivity contribution in [3.05, 3.63) is 77.4 Å². The number of nitrogens with one attached hydrogen (secondary N) is 1. The molecule has 0 spiro atoms. The smallest absolute Gasteiger partial charge is 0.275 e. The topological polar surface area (TPSA) is 94.7 Å². The van der Waals surface area contributed by atoms with Crippen molar-refractivity contribution < 1.29 is 4.79 Å². The Hall–Kier alpha value is -3.81. The van der Waals surface area contributed by atoms with Gasteiger partial charge in [0, 0.05) is 17.8 Å². The van der Waals surface area contributed by atoms with Crippen molar-refractivity contribution >= 4 is 22.4 Å². The summed E-state index contributed by atoms with van der Waals surface area (Å²) < 4.78 is 2.94. The molecule has 1 amide bonds. The average Bonchev–Trinajstić information content (AvgIpc) is 3.21. The molecule has 3 heterocycles. The van der Waals surface area contributed by atoms with Crippen LogP contribution in [0.3, 0.4) is 0 Å². The van der Waals surface area contributed by atoms with E-state index < -0.39 is 0 Å². The molecule has 0 radical (unpaired) electrons. The summed E-state index contributed by atoms with van der Waals surface area (Å²) in [6.45, 7) is 1.64. The summed E-state index contributed by atoms with van der Waals surface area (Å²) in [4.78, 5) is 33.1. The predicted molar refractivity (Wildman–Crippen MR) is 101 cm³/mol. The molecule has 0 saturated carbocycles. The number of aryl methyl sites for hydroxylation is 1. The molecule has 27 heavy (non-hydrogen) atoms. The standard InChI is InChI=1S/C19H16N6O2/c1-13-15-4-2-3-5-16(15)19(27)25(23-13)11-18(26)22-14-6-7-17(21-10-14)24-9-8-20-12-24/h2-10,12H,11H2,1H3,(H,22,26). The molecule has 0 aliphatic carbocycles. The molecule has 4 aromatic rings. The molecule has 0 saturated heterocycles. The predicted octanol–water partition coefficient (Wildman–Crippen LogP) is 1.92. The van der Waals surface area contributed by atoms with Gasteiger partial charge in [-0.15, -0.1) is 0 Å². The zero-order chi connectivity index (χ0) is 18.8. The Kier molecular flexibility index (Phi) is 4.21. The number of anilines is 1. The number of nitrogens with zero attached hydrogens (tertiary/aromatic N) is 5. The first-order chi connectivity index (χ1) is 13.1. The number of hydrogen-bond donors (Lipinski definition) is 1. The third-order valence-corrected chi connectivity index (χ3v) is 4.15. The zero-order valence-electron chi connectivity index (χ0n) is 14.5. The van der Waals surface area contributed by atoms with Crippen LogP contribution in [-0.2, 0) is 11.3 Å². The molecule has 0 aliphatic rings. The highest BCUT2D eigenvalue weighted by molar-refractivity contribution is 5.90. The van der Waals surface area contributed by atoms with E-state index in [-0.39, 0.29) is 18.0 Å². The fourth-order valence-electron chi connectivity index (χ4n) is 2.86. The van der Waals surface area contributed by atoms with Crippen molar-refractivity contribution in [3.8, 4) is 5.82 Å². The number of benzene rings is 1. The molecular formula is C19H16N6O2. The highest BCUT2D eigenvalue weighted by atomic mass is 16.2. The lowest BCUT2D eigenvalue weighted by molar-refractivity contribution is -0.117. The quantitative estimate of drug-likeness (QED) is 0.600. The summed E-state index contributed by atoms with van der Waals surface area (Å²) in [6, 6.07) is 10.7. The largest absolute Gasteiger partial charge is 0.323 e. The molecule has 1 N–H and O–H groups in total. The molecule has 134 valence electrons. The van der Waals surface area contributed by atoms with Crippen LogP contribution in [0.15, 0.2) is 66.1 Å². The number of hydrogen-bond acceptors (Lipinski definition) is 5. The van der Waals surface area contributed by atoms with Crippen LogP contribution in [-0.4, -0.2) is 30.2 Å². The Labute approximate surface area is 154 Å². The van der Waals surface area contributed by atoms with Crippen LogP contribution in [0.5, 0.6) is 0 Å². The summed E-state index contributed by atoms with van der Waals surface area (Å²) in [5.41, 5.74) is 0.943. The van der Waals surface area contributed by atoms with Crippen molar-refractivity contribution in [1.29, 1.82) is 0 Å². The van der Waals surface area contributed by atoms with E-state index in [0.29, 0.717) is 22.6 Å². The van der Waals surface area contributed by atoms with E-state index in [1.807, 2.05) is 19.1 Å². The van der Waals surface area contributed by atoms with Crippen LogP contribution in [0.4, 0.5) is 5.69 Å². The van der Waals surface area contributed by atoms with Crippen LogP contribution in [0.2, 0.25) is 0 Å². The van der Waals surface area contributed by atoms with Gasteiger partial charge in [0.1, 0.15) is 18.7 Å². The van der Waals surface area contributed by atoms with E-state index in [1.165, 1.54) is 4.68 Å². The molecule has 0 fully saturated rings. The highest BCUT2D eigenvalue weighted by Crippen LogP contribution is 2.12. The normalized spacial score (nSPS) is 10.9. The first-order valence-electron chi connectivity index (χ1n) is 8.32. The maximum atomic E-state index is 12.5. The minimum absolute atomic E-state index is 0.173. The SMILES string of the molecule is Cc1nn(CC(=O)Nc2ccc(-n3ccnc3)nc2)c(=O)c2ccccc12. The van der Waals surface area contributed by atoms with Gasteiger partial charge in [0.25, 0.3) is 5.56 Å². The van der Waals surface area contributed by atoms with Gasteiger partial charge in [0.05, 0.1) is 23.0 Å². The maximum Gasteiger partial charge on any atom is 0.275 e. The zero-order valence-corrected chi connectivity index (χ0v) is 14.5. The van der Waals surface area contributed by atoms with E-state index in [4.69, 9.17) is 0 Å². The average molecular weight is 360 g/mol. The van der Waals surface area contributed by atoms with Crippen molar-refractivity contribution in [1.82, 2.24) is 24.3 Å². The fraction of sp³-hybridized carbons (Fsp3) is 0.105. The number of carbonyl (C=O) groups excluding carboxylic acids is 1. The van der Waals surface area contributed by atoms with Crippen LogP contribution >= 0.6 is 0 Å². The lowest BCUT2D eigenvalue weighted by Crippen LogP contribution is -2.30. The molecule has 0 bridgehead atoms. The Bertz CT molecular complexity index is 1160. The van der Waals surface area contributed by atoms with Gasteiger partial charge in [-0.25, -0.2) is 14.6 Å². The third-order valence-electron chi connectivity index (χ3n) is 4.15. The molecule has 4 rings (SSSR count). The molecule has 8 nitrogen and oxygen atoms in total. The minimum atomic E-state index is -0.350. The Balaban J connectivity index is 1.52. The Morgan fingerprint density at radius 3 is 2.67 bits per heavy atom. The van der Waals surface area contributed by atoms with Gasteiger partial charge in [0.2, 0.25) is 5.91 Å². The Morgan fingerprint density at radius 1 is 1.15 bits per heavy atom. The molecular weight excluding hydrogens is 344 g/mol. The van der Waals surface area contributed by atoms with Crippen LogP contribution in [0.25, 0.3) is 16.6 Å². The maximum absolute atomic E-state index is 12.5. The van der Waals surface area contributed by atoms with Crippen LogP contribution in [0, 0.1) is 6.92 Å². The van der Waals surface area contributed by atoms with Crippen molar-refractivity contribution in [2.24, 2.45) is 0 Å². The van der Waals surface area contributed by atoms with Crippen LogP contribution in [0.1, 0.15) is 5.69 Å². The van der Waals surface area contributed by atoms with Gasteiger partial charge in [-0.05, 0) is 25.1 Å². The van der Waals surface area contributed by atoms with Gasteiger partial charge in [-0.1, -0.05) is 18.2 Å². The Morgan fingerprint density at radius 2 is 1.96 bits per heavy atom. The van der Waals surface area contributed by atoms with Gasteiger partial charge >= 0.3 is 0 Å². The molecule has 0 aliphatic heterocycles. The molecule has 8 heteroatoms. The number of carbonyl (C=O) groups is 1. The first-order valence-corrected chi connectivity index (χ1v) is 8.32. The van der Waals surface area contributed by atoms with Crippen molar-refractivity contribution in [3.63, 3.8) is 0 Å². The molecule has 0 unspecified atom stereocenters. The van der Waals surface area contributed by atoms with E-state index in [9.17, 15) is 9.59 Å². The summed E-state index contributed by atoms with van der Waals surface area (Å²) in [7, 11) is 0. The van der Waals surface area contributed by atoms with Crippen molar-refractivity contribution in [2.45, 2.75) is 13.5 Å². The third kappa shape index (κ3) is 3.32. The number of fused-ring (bicyclic) bond motifs is 1. The summed E-state index contributed by atoms with van der Waals surface area (Å²) in [6.07, 6.45) is 6.63. The summed E-state index contributed by atoms with van der Waals surface area (Å²) >= 11 is 0. The number of rotatable bonds is 4. The van der Waals surface area contributed by atoms with E-state index in [1.54, 1.807) is 53.8 Å². The summed E-state index contributed by atoms with van der Waals surface area (Å²) in [5.74, 6) is 0.338. The minimum Gasteiger partial charge on any atom is -0.323 e. The second-order valence-electron chi connectivity index (χ2n) is 6.02. The van der Waals surface area contributed by atoms with Crippen LogP contribution < -0.4 is 10.9 Å². The van der Waals surface area contributed by atoms with E-state index >= 15 is 0 Å². The second-order valence-corrected chi connectivity index (χ2v) is 6.02. The van der Waals surface area contributed by atoms with Gasteiger partial charge < -0.3 is 5.32 Å². The van der Waals surface area contributed by atoms with E-state index in [2.05, 4.69) is 20.4 Å². The van der Waals surface area contributed by atoms with Crippen molar-refractivity contribution in [2.75, 3.05) is 5.32 Å². The fourth-order valence-corrected chi connectivity index (χ4v) is 2.86. The van der Waals surface area contributed by atoms with E-state index in [0.717, 1.165) is 5.39 Å². The summed E-state index contributed by atoms with van der Waals surface area (Å²) in [5, 5.41) is 8.32. The number of pyridine rings is 1. The lowest BCUT2D eigenvalue weighted by atomic mass is 10.1. The highest BCUT2D eigenvalue weighted by Gasteiger charge is 2.11. The number of amides is 1. The van der Waals surface area contributed by atoms with Gasteiger partial charge in [-0.3, -0.25) is 14.2 Å². The lowest BCUT2D eigenvalue weighted by Gasteiger charge is -2.09. The second kappa shape index (κ2) is 6.83. The molecule has 3 aromatic heterocycles. The van der Waals surface area contributed by atoms with Gasteiger partial charge in [0.15, 0.2) is 0 Å². The molecule has 0 atom stereocenters.